The second-order valence-corrected chi connectivity index (χ2v) is 3.11. The van der Waals surface area contributed by atoms with Crippen molar-refractivity contribution in [3.8, 4) is 0 Å². The zero-order chi connectivity index (χ0) is 10.6. The molecule has 0 aliphatic heterocycles. The first-order valence-electron chi connectivity index (χ1n) is 5.43. The van der Waals surface area contributed by atoms with Gasteiger partial charge in [-0.2, -0.15) is 0 Å². The average molecular weight is 201 g/mol. The lowest BCUT2D eigenvalue weighted by atomic mass is 10.2. The summed E-state index contributed by atoms with van der Waals surface area (Å²) in [6, 6.07) is 0. The van der Waals surface area contributed by atoms with Gasteiger partial charge < -0.3 is 5.32 Å². The molecule has 0 heterocycles. The summed E-state index contributed by atoms with van der Waals surface area (Å²) in [5.41, 5.74) is 1.35. The topological polar surface area (TPSA) is 30.5 Å². The van der Waals surface area contributed by atoms with Gasteiger partial charge in [-0.1, -0.05) is 19.9 Å². The maximum absolute atomic E-state index is 4.77. The average Bonchev–Trinajstić information content (AvgIpc) is 2.21. The number of allylic oxidation sites excluding steroid dienone is 2. The van der Waals surface area contributed by atoms with Crippen LogP contribution in [0.15, 0.2) is 11.8 Å². The van der Waals surface area contributed by atoms with E-state index >= 15 is 0 Å². The zero-order valence-electron chi connectivity index (χ0n) is 9.64. The molecule has 1 N–H and O–H groups in total. The molecule has 0 aliphatic carbocycles. The van der Waals surface area contributed by atoms with Crippen molar-refractivity contribution in [1.82, 2.24) is 5.32 Å². The van der Waals surface area contributed by atoms with E-state index in [-0.39, 0.29) is 0 Å². The molecule has 0 amide bonds. The van der Waals surface area contributed by atoms with Crippen molar-refractivity contribution in [1.29, 1.82) is 0 Å². The Balaban J connectivity index is 3.29. The molecule has 0 bridgehead atoms. The van der Waals surface area contributed by atoms with E-state index in [4.69, 9.17) is 4.89 Å². The highest BCUT2D eigenvalue weighted by molar-refractivity contribution is 4.97. The van der Waals surface area contributed by atoms with E-state index in [0.29, 0.717) is 6.61 Å². The molecule has 0 rings (SSSR count). The van der Waals surface area contributed by atoms with Crippen LogP contribution in [0.5, 0.6) is 0 Å². The molecule has 14 heavy (non-hydrogen) atoms. The molecule has 0 radical (unpaired) electrons. The SMILES string of the molecule is CC/C=C(\CC)NCCCCOOC. The first kappa shape index (κ1) is 13.5. The Labute approximate surface area is 87.4 Å². The first-order valence-corrected chi connectivity index (χ1v) is 5.43. The predicted molar refractivity (Wildman–Crippen MR) is 58.9 cm³/mol. The Hall–Kier alpha value is -0.540. The smallest absolute Gasteiger partial charge is 0.0822 e. The minimum Gasteiger partial charge on any atom is -0.389 e. The maximum Gasteiger partial charge on any atom is 0.0822 e. The van der Waals surface area contributed by atoms with Crippen molar-refractivity contribution in [3.05, 3.63) is 11.8 Å². The third-order valence-electron chi connectivity index (χ3n) is 1.96. The van der Waals surface area contributed by atoms with Crippen LogP contribution in [0, 0.1) is 0 Å². The molecule has 0 aromatic heterocycles. The molecule has 0 fully saturated rings. The van der Waals surface area contributed by atoms with E-state index in [2.05, 4.69) is 30.1 Å². The van der Waals surface area contributed by atoms with E-state index in [0.717, 1.165) is 32.2 Å². The van der Waals surface area contributed by atoms with Gasteiger partial charge in [0.05, 0.1) is 13.7 Å². The van der Waals surface area contributed by atoms with E-state index in [1.165, 1.54) is 12.8 Å². The van der Waals surface area contributed by atoms with Crippen LogP contribution in [-0.2, 0) is 9.78 Å². The molecule has 0 atom stereocenters. The van der Waals surface area contributed by atoms with Crippen molar-refractivity contribution in [3.63, 3.8) is 0 Å². The number of rotatable bonds is 9. The summed E-state index contributed by atoms with van der Waals surface area (Å²) in [6.45, 7) is 6.02. The van der Waals surface area contributed by atoms with Gasteiger partial charge in [0.15, 0.2) is 0 Å². The minimum atomic E-state index is 0.678. The van der Waals surface area contributed by atoms with Gasteiger partial charge in [0.2, 0.25) is 0 Å². The molecular weight excluding hydrogens is 178 g/mol. The minimum absolute atomic E-state index is 0.678. The Morgan fingerprint density at radius 2 is 2.07 bits per heavy atom. The zero-order valence-corrected chi connectivity index (χ0v) is 9.64. The van der Waals surface area contributed by atoms with Crippen LogP contribution in [0.3, 0.4) is 0 Å². The highest BCUT2D eigenvalue weighted by atomic mass is 17.2. The Morgan fingerprint density at radius 3 is 2.64 bits per heavy atom. The van der Waals surface area contributed by atoms with Gasteiger partial charge >= 0.3 is 0 Å². The quantitative estimate of drug-likeness (QED) is 0.353. The van der Waals surface area contributed by atoms with Crippen LogP contribution in [0.4, 0.5) is 0 Å². The van der Waals surface area contributed by atoms with Gasteiger partial charge in [0.25, 0.3) is 0 Å². The first-order chi connectivity index (χ1) is 6.85. The molecule has 0 aromatic rings. The van der Waals surface area contributed by atoms with Crippen molar-refractivity contribution in [2.24, 2.45) is 0 Å². The summed E-state index contributed by atoms with van der Waals surface area (Å²) in [5, 5.41) is 3.41. The Bertz CT molecular complexity index is 146. The van der Waals surface area contributed by atoms with Gasteiger partial charge in [-0.3, -0.25) is 0 Å². The van der Waals surface area contributed by atoms with Crippen LogP contribution in [-0.4, -0.2) is 20.3 Å². The van der Waals surface area contributed by atoms with Gasteiger partial charge in [0.1, 0.15) is 0 Å². The second-order valence-electron chi connectivity index (χ2n) is 3.11. The second kappa shape index (κ2) is 10.5. The summed E-state index contributed by atoms with van der Waals surface area (Å²) in [7, 11) is 1.54. The van der Waals surface area contributed by atoms with Crippen LogP contribution in [0.1, 0.15) is 39.5 Å². The molecular formula is C11H23NO2. The summed E-state index contributed by atoms with van der Waals surface area (Å²) >= 11 is 0. The molecule has 0 unspecified atom stereocenters. The lowest BCUT2D eigenvalue weighted by Gasteiger charge is -2.08. The number of unbranched alkanes of at least 4 members (excludes halogenated alkanes) is 1. The van der Waals surface area contributed by atoms with Gasteiger partial charge in [-0.05, 0) is 25.7 Å². The summed E-state index contributed by atoms with van der Waals surface area (Å²) in [4.78, 5) is 9.27. The fourth-order valence-corrected chi connectivity index (χ4v) is 1.21. The molecule has 0 saturated heterocycles. The fourth-order valence-electron chi connectivity index (χ4n) is 1.21. The lowest BCUT2D eigenvalue weighted by Crippen LogP contribution is -2.14. The molecule has 84 valence electrons. The number of nitrogens with one attached hydrogen (secondary N) is 1. The number of hydrogen-bond acceptors (Lipinski definition) is 3. The van der Waals surface area contributed by atoms with Crippen molar-refractivity contribution >= 4 is 0 Å². The van der Waals surface area contributed by atoms with E-state index in [1.54, 1.807) is 0 Å². The van der Waals surface area contributed by atoms with Crippen molar-refractivity contribution in [2.75, 3.05) is 20.3 Å². The third-order valence-corrected chi connectivity index (χ3v) is 1.96. The number of hydrogen-bond donors (Lipinski definition) is 1. The van der Waals surface area contributed by atoms with E-state index < -0.39 is 0 Å². The van der Waals surface area contributed by atoms with E-state index in [9.17, 15) is 0 Å². The van der Waals surface area contributed by atoms with Crippen LogP contribution < -0.4 is 5.32 Å². The highest BCUT2D eigenvalue weighted by Gasteiger charge is 1.92. The van der Waals surface area contributed by atoms with Crippen LogP contribution in [0.25, 0.3) is 0 Å². The van der Waals surface area contributed by atoms with Gasteiger partial charge in [-0.25, -0.2) is 9.78 Å². The monoisotopic (exact) mass is 201 g/mol. The molecule has 3 heteroatoms. The Kier molecular flexibility index (Phi) is 10.1. The van der Waals surface area contributed by atoms with Crippen molar-refractivity contribution < 1.29 is 9.78 Å². The predicted octanol–water partition coefficient (Wildman–Crippen LogP) is 2.64. The van der Waals surface area contributed by atoms with Crippen molar-refractivity contribution in [2.45, 2.75) is 39.5 Å². The fraction of sp³-hybridized carbons (Fsp3) is 0.818. The van der Waals surface area contributed by atoms with E-state index in [1.807, 2.05) is 0 Å². The standard InChI is InChI=1S/C11H23NO2/c1-4-8-11(5-2)12-9-6-7-10-14-13-3/h8,12H,4-7,9-10H2,1-3H3/b11-8+. The lowest BCUT2D eigenvalue weighted by molar-refractivity contribution is -0.272. The summed E-state index contributed by atoms with van der Waals surface area (Å²) in [5.74, 6) is 0. The van der Waals surface area contributed by atoms with Gasteiger partial charge in [-0.15, -0.1) is 0 Å². The molecule has 0 aliphatic rings. The van der Waals surface area contributed by atoms with Gasteiger partial charge in [0, 0.05) is 12.2 Å². The normalized spacial score (nSPS) is 11.8. The Morgan fingerprint density at radius 1 is 1.29 bits per heavy atom. The molecule has 0 spiro atoms. The van der Waals surface area contributed by atoms with Crippen LogP contribution in [0.2, 0.25) is 0 Å². The van der Waals surface area contributed by atoms with Crippen LogP contribution >= 0.6 is 0 Å². The summed E-state index contributed by atoms with van der Waals surface area (Å²) < 4.78 is 0. The molecule has 0 saturated carbocycles. The summed E-state index contributed by atoms with van der Waals surface area (Å²) in [6.07, 6.45) is 6.57. The highest BCUT2D eigenvalue weighted by Crippen LogP contribution is 1.98. The third kappa shape index (κ3) is 8.08. The largest absolute Gasteiger partial charge is 0.389 e. The molecule has 0 aromatic carbocycles. The molecule has 3 nitrogen and oxygen atoms in total. The maximum atomic E-state index is 4.77.